The molecule has 0 fully saturated rings. The Hall–Kier alpha value is -2.29. The molecule has 0 atom stereocenters. The van der Waals surface area contributed by atoms with Crippen LogP contribution in [0.15, 0.2) is 22.8 Å². The summed E-state index contributed by atoms with van der Waals surface area (Å²) < 4.78 is 27.5. The van der Waals surface area contributed by atoms with Gasteiger partial charge in [-0.25, -0.2) is 9.78 Å². The SMILES string of the molecule is [2H]C([2H])([2H])n1nc(-c2ncc(Br)cc2[N+](=O)[O-])cc1C(=O)OC. The van der Waals surface area contributed by atoms with Crippen molar-refractivity contribution < 1.29 is 18.6 Å². The van der Waals surface area contributed by atoms with Gasteiger partial charge in [-0.05, 0) is 15.9 Å². The number of aryl methyl sites for hydroxylation is 1. The number of carbonyl (C=O) groups excluding carboxylic acids is 1. The molecule has 0 spiro atoms. The van der Waals surface area contributed by atoms with Gasteiger partial charge in [0.1, 0.15) is 11.4 Å². The van der Waals surface area contributed by atoms with Crippen LogP contribution in [-0.2, 0) is 11.7 Å². The van der Waals surface area contributed by atoms with Crippen molar-refractivity contribution >= 4 is 27.6 Å². The molecule has 104 valence electrons. The summed E-state index contributed by atoms with van der Waals surface area (Å²) in [6, 6.07) is 2.29. The first-order chi connectivity index (χ1) is 10.6. The maximum absolute atomic E-state index is 11.7. The summed E-state index contributed by atoms with van der Waals surface area (Å²) >= 11 is 3.07. The van der Waals surface area contributed by atoms with Gasteiger partial charge >= 0.3 is 5.97 Å². The number of hydrogen-bond donors (Lipinski definition) is 0. The van der Waals surface area contributed by atoms with Gasteiger partial charge < -0.3 is 4.74 Å². The van der Waals surface area contributed by atoms with Crippen molar-refractivity contribution in [1.29, 1.82) is 0 Å². The van der Waals surface area contributed by atoms with Crippen molar-refractivity contribution in [2.24, 2.45) is 6.98 Å². The van der Waals surface area contributed by atoms with E-state index in [9.17, 15) is 14.9 Å². The van der Waals surface area contributed by atoms with Crippen LogP contribution < -0.4 is 0 Å². The van der Waals surface area contributed by atoms with E-state index in [1.165, 1.54) is 12.3 Å². The highest BCUT2D eigenvalue weighted by atomic mass is 79.9. The summed E-state index contributed by atoms with van der Waals surface area (Å²) in [5, 5.41) is 14.9. The van der Waals surface area contributed by atoms with Gasteiger partial charge in [0.2, 0.25) is 0 Å². The van der Waals surface area contributed by atoms with Gasteiger partial charge in [-0.3, -0.25) is 14.8 Å². The average molecular weight is 344 g/mol. The number of rotatable bonds is 3. The molecular formula is C11H9BrN4O4. The lowest BCUT2D eigenvalue weighted by atomic mass is 10.2. The second-order valence-electron chi connectivity index (χ2n) is 3.60. The van der Waals surface area contributed by atoms with Crippen molar-refractivity contribution in [3.8, 4) is 11.4 Å². The maximum Gasteiger partial charge on any atom is 0.356 e. The number of pyridine rings is 1. The molecule has 9 heteroatoms. The number of carbonyl (C=O) groups is 1. The van der Waals surface area contributed by atoms with Gasteiger partial charge in [-0.2, -0.15) is 5.10 Å². The van der Waals surface area contributed by atoms with E-state index in [1.54, 1.807) is 0 Å². The average Bonchev–Trinajstić information content (AvgIpc) is 2.91. The molecule has 2 aromatic heterocycles. The summed E-state index contributed by atoms with van der Waals surface area (Å²) in [6.45, 7) is -2.76. The van der Waals surface area contributed by atoms with Gasteiger partial charge in [-0.15, -0.1) is 0 Å². The van der Waals surface area contributed by atoms with Crippen molar-refractivity contribution in [1.82, 2.24) is 14.8 Å². The zero-order valence-corrected chi connectivity index (χ0v) is 11.6. The minimum absolute atomic E-state index is 0.124. The molecule has 0 aromatic carbocycles. The topological polar surface area (TPSA) is 100 Å². The number of halogens is 1. The Labute approximate surface area is 125 Å². The third-order valence-electron chi connectivity index (χ3n) is 2.38. The molecular weight excluding hydrogens is 332 g/mol. The standard InChI is InChI=1S/C11H9BrN4O4/c1-15-9(11(17)20-2)4-7(14-15)10-8(16(18)19)3-6(12)5-13-10/h3-5H,1-2H3/i1D3. The molecule has 0 N–H and O–H groups in total. The largest absolute Gasteiger partial charge is 0.464 e. The summed E-state index contributed by atoms with van der Waals surface area (Å²) in [5.41, 5.74) is -1.03. The monoisotopic (exact) mass is 343 g/mol. The third kappa shape index (κ3) is 2.52. The second-order valence-corrected chi connectivity index (χ2v) is 4.51. The predicted octanol–water partition coefficient (Wildman–Crippen LogP) is 1.94. The zero-order valence-electron chi connectivity index (χ0n) is 13.0. The van der Waals surface area contributed by atoms with Crippen LogP contribution in [0.5, 0.6) is 0 Å². The predicted molar refractivity (Wildman–Crippen MR) is 72.1 cm³/mol. The fraction of sp³-hybridized carbons (Fsp3) is 0.182. The van der Waals surface area contributed by atoms with E-state index < -0.39 is 17.9 Å². The lowest BCUT2D eigenvalue weighted by Gasteiger charge is -1.98. The fourth-order valence-corrected chi connectivity index (χ4v) is 1.83. The van der Waals surface area contributed by atoms with E-state index in [0.717, 1.165) is 13.2 Å². The van der Waals surface area contributed by atoms with E-state index in [2.05, 4.69) is 30.7 Å². The van der Waals surface area contributed by atoms with Crippen LogP contribution in [0.4, 0.5) is 5.69 Å². The Balaban J connectivity index is 2.69. The molecule has 2 heterocycles. The van der Waals surface area contributed by atoms with Crippen LogP contribution in [0.25, 0.3) is 11.4 Å². The quantitative estimate of drug-likeness (QED) is 0.479. The molecule has 0 saturated heterocycles. The lowest BCUT2D eigenvalue weighted by molar-refractivity contribution is -0.384. The number of methoxy groups -OCH3 is 1. The molecule has 8 nitrogen and oxygen atoms in total. The van der Waals surface area contributed by atoms with Crippen LogP contribution in [0.1, 0.15) is 14.6 Å². The molecule has 0 aliphatic rings. The van der Waals surface area contributed by atoms with Gasteiger partial charge in [0.25, 0.3) is 5.69 Å². The van der Waals surface area contributed by atoms with Gasteiger partial charge in [-0.1, -0.05) is 0 Å². The Morgan fingerprint density at radius 3 is 2.95 bits per heavy atom. The van der Waals surface area contributed by atoms with Crippen LogP contribution in [0.2, 0.25) is 0 Å². The van der Waals surface area contributed by atoms with E-state index in [1.807, 2.05) is 0 Å². The molecule has 0 bridgehead atoms. The summed E-state index contributed by atoms with van der Waals surface area (Å²) in [6.07, 6.45) is 1.30. The Kier molecular flexibility index (Phi) is 2.82. The molecule has 0 amide bonds. The highest BCUT2D eigenvalue weighted by Crippen LogP contribution is 2.29. The Morgan fingerprint density at radius 1 is 1.60 bits per heavy atom. The van der Waals surface area contributed by atoms with Crippen LogP contribution in [0, 0.1) is 10.1 Å². The molecule has 0 saturated carbocycles. The molecule has 20 heavy (non-hydrogen) atoms. The maximum atomic E-state index is 11.7. The number of hydrogen-bond acceptors (Lipinski definition) is 6. The molecule has 0 aliphatic carbocycles. The third-order valence-corrected chi connectivity index (χ3v) is 2.81. The van der Waals surface area contributed by atoms with Gasteiger partial charge in [0.05, 0.1) is 12.0 Å². The lowest BCUT2D eigenvalue weighted by Crippen LogP contribution is -2.07. The zero-order chi connectivity index (χ0) is 17.4. The van der Waals surface area contributed by atoms with E-state index in [4.69, 9.17) is 4.11 Å². The van der Waals surface area contributed by atoms with Gasteiger partial charge in [0.15, 0.2) is 5.69 Å². The number of ether oxygens (including phenoxy) is 1. The molecule has 2 aromatic rings. The molecule has 0 aliphatic heterocycles. The first-order valence-electron chi connectivity index (χ1n) is 6.64. The minimum Gasteiger partial charge on any atom is -0.464 e. The first-order valence-corrected chi connectivity index (χ1v) is 5.93. The Bertz CT molecular complexity index is 790. The van der Waals surface area contributed by atoms with E-state index >= 15 is 0 Å². The van der Waals surface area contributed by atoms with Crippen LogP contribution in [0.3, 0.4) is 0 Å². The van der Waals surface area contributed by atoms with Crippen LogP contribution in [-0.4, -0.2) is 32.8 Å². The highest BCUT2D eigenvalue weighted by molar-refractivity contribution is 9.10. The van der Waals surface area contributed by atoms with Gasteiger partial charge in [0, 0.05) is 33.9 Å². The number of esters is 1. The fourth-order valence-electron chi connectivity index (χ4n) is 1.51. The Morgan fingerprint density at radius 2 is 2.35 bits per heavy atom. The van der Waals surface area contributed by atoms with Crippen LogP contribution >= 0.6 is 15.9 Å². The van der Waals surface area contributed by atoms with Crippen molar-refractivity contribution in [3.05, 3.63) is 38.6 Å². The summed E-state index contributed by atoms with van der Waals surface area (Å²) in [4.78, 5) is 26.0. The number of nitrogens with zero attached hydrogens (tertiary/aromatic N) is 4. The van der Waals surface area contributed by atoms with E-state index in [-0.39, 0.29) is 22.8 Å². The first kappa shape index (κ1) is 10.5. The molecule has 2 rings (SSSR count). The number of aromatic nitrogens is 3. The second kappa shape index (κ2) is 5.37. The van der Waals surface area contributed by atoms with Crippen molar-refractivity contribution in [2.75, 3.05) is 7.11 Å². The molecule has 0 unspecified atom stereocenters. The summed E-state index contributed by atoms with van der Waals surface area (Å²) in [7, 11) is 1.08. The normalized spacial score (nSPS) is 13.2. The minimum atomic E-state index is -2.76. The summed E-state index contributed by atoms with van der Waals surface area (Å²) in [5.74, 6) is -0.931. The van der Waals surface area contributed by atoms with E-state index in [0.29, 0.717) is 9.15 Å². The van der Waals surface area contributed by atoms with Crippen molar-refractivity contribution in [3.63, 3.8) is 0 Å². The smallest absolute Gasteiger partial charge is 0.356 e. The van der Waals surface area contributed by atoms with Crippen molar-refractivity contribution in [2.45, 2.75) is 0 Å². The number of nitro groups is 1. The highest BCUT2D eigenvalue weighted by Gasteiger charge is 2.22. The molecule has 0 radical (unpaired) electrons.